The van der Waals surface area contributed by atoms with Crippen molar-refractivity contribution in [3.63, 3.8) is 0 Å². The first-order valence-corrected chi connectivity index (χ1v) is 9.56. The van der Waals surface area contributed by atoms with Crippen LogP contribution < -0.4 is 10.1 Å². The molecule has 1 N–H and O–H groups in total. The summed E-state index contributed by atoms with van der Waals surface area (Å²) in [6, 6.07) is 14.3. The van der Waals surface area contributed by atoms with Crippen LogP contribution in [0.5, 0.6) is 5.75 Å². The lowest BCUT2D eigenvalue weighted by Gasteiger charge is -2.08. The zero-order valence-electron chi connectivity index (χ0n) is 15.7. The van der Waals surface area contributed by atoms with Gasteiger partial charge in [0.2, 0.25) is 0 Å². The summed E-state index contributed by atoms with van der Waals surface area (Å²) in [5, 5.41) is 2.38. The van der Waals surface area contributed by atoms with E-state index in [1.54, 1.807) is 30.3 Å². The van der Waals surface area contributed by atoms with Crippen molar-refractivity contribution in [2.45, 2.75) is 6.92 Å². The number of hydrogen-bond acceptors (Lipinski definition) is 5. The van der Waals surface area contributed by atoms with Gasteiger partial charge < -0.3 is 10.1 Å². The molecule has 0 aromatic heterocycles. The molecule has 2 aromatic carbocycles. The van der Waals surface area contributed by atoms with E-state index in [2.05, 4.69) is 11.2 Å². The van der Waals surface area contributed by atoms with E-state index >= 15 is 0 Å². The molecule has 0 bridgehead atoms. The zero-order valence-corrected chi connectivity index (χ0v) is 16.5. The normalized spacial score (nSPS) is 14.8. The van der Waals surface area contributed by atoms with E-state index < -0.39 is 5.91 Å². The Hall–Kier alpha value is -3.50. The number of ether oxygens (including phenoxy) is 1. The Kier molecular flexibility index (Phi) is 6.37. The number of carbonyl (C=O) groups excluding carboxylic acids is 3. The lowest BCUT2D eigenvalue weighted by atomic mass is 10.2. The van der Waals surface area contributed by atoms with Gasteiger partial charge in [0.15, 0.2) is 6.61 Å². The van der Waals surface area contributed by atoms with Gasteiger partial charge in [0.1, 0.15) is 5.75 Å². The van der Waals surface area contributed by atoms with E-state index in [0.717, 1.165) is 27.8 Å². The molecule has 1 heterocycles. The van der Waals surface area contributed by atoms with Gasteiger partial charge in [0, 0.05) is 5.69 Å². The number of imide groups is 1. The maximum absolute atomic E-state index is 12.2. The molecule has 146 valence electrons. The highest BCUT2D eigenvalue weighted by atomic mass is 32.2. The molecular weight excluding hydrogens is 388 g/mol. The predicted molar refractivity (Wildman–Crippen MR) is 113 cm³/mol. The fourth-order valence-corrected chi connectivity index (χ4v) is 3.36. The van der Waals surface area contributed by atoms with Crippen LogP contribution in [0.25, 0.3) is 6.08 Å². The lowest BCUT2D eigenvalue weighted by Crippen LogP contribution is -2.28. The highest BCUT2D eigenvalue weighted by Crippen LogP contribution is 2.32. The molecule has 29 heavy (non-hydrogen) atoms. The summed E-state index contributed by atoms with van der Waals surface area (Å²) in [4.78, 5) is 37.3. The maximum Gasteiger partial charge on any atom is 0.294 e. The zero-order chi connectivity index (χ0) is 20.8. The molecule has 2 aromatic rings. The Morgan fingerprint density at radius 3 is 2.52 bits per heavy atom. The molecule has 0 atom stereocenters. The van der Waals surface area contributed by atoms with E-state index in [1.165, 1.54) is 0 Å². The highest BCUT2D eigenvalue weighted by molar-refractivity contribution is 8.18. The van der Waals surface area contributed by atoms with Gasteiger partial charge in [-0.3, -0.25) is 19.3 Å². The minimum atomic E-state index is -0.397. The number of hydrogen-bond donors (Lipinski definition) is 1. The molecule has 0 spiro atoms. The second-order valence-electron chi connectivity index (χ2n) is 6.24. The average Bonchev–Trinajstić information content (AvgIpc) is 2.97. The van der Waals surface area contributed by atoms with Gasteiger partial charge in [-0.15, -0.1) is 6.42 Å². The van der Waals surface area contributed by atoms with Crippen molar-refractivity contribution < 1.29 is 19.1 Å². The fraction of sp³-hybridized carbons (Fsp3) is 0.136. The van der Waals surface area contributed by atoms with Crippen molar-refractivity contribution in [3.05, 3.63) is 64.6 Å². The van der Waals surface area contributed by atoms with Crippen molar-refractivity contribution in [2.24, 2.45) is 0 Å². The van der Waals surface area contributed by atoms with Crippen LogP contribution in [0.2, 0.25) is 0 Å². The molecule has 6 nitrogen and oxygen atoms in total. The summed E-state index contributed by atoms with van der Waals surface area (Å²) >= 11 is 0.855. The smallest absolute Gasteiger partial charge is 0.294 e. The van der Waals surface area contributed by atoms with Crippen molar-refractivity contribution in [1.82, 2.24) is 4.90 Å². The molecule has 3 amide bonds. The van der Waals surface area contributed by atoms with E-state index in [-0.39, 0.29) is 24.3 Å². The van der Waals surface area contributed by atoms with Crippen LogP contribution in [0.1, 0.15) is 11.1 Å². The highest BCUT2D eigenvalue weighted by Gasteiger charge is 2.34. The standard InChI is InChI=1S/C22H18N2O4S/c1-3-12-24-21(26)19(29-22(24)27)13-16-6-10-18(11-7-16)28-14-20(25)23-17-8-4-15(2)5-9-17/h1,4-11,13H,12,14H2,2H3,(H,23,25)/b19-13+. The molecule has 0 saturated carbocycles. The molecule has 3 rings (SSSR count). The Labute approximate surface area is 172 Å². The lowest BCUT2D eigenvalue weighted by molar-refractivity contribution is -0.122. The number of amides is 3. The summed E-state index contributed by atoms with van der Waals surface area (Å²) < 4.78 is 5.49. The molecule has 7 heteroatoms. The summed E-state index contributed by atoms with van der Waals surface area (Å²) in [7, 11) is 0. The molecule has 1 aliphatic heterocycles. The van der Waals surface area contributed by atoms with Crippen LogP contribution in [-0.2, 0) is 9.59 Å². The molecule has 0 aliphatic carbocycles. The largest absolute Gasteiger partial charge is 0.484 e. The van der Waals surface area contributed by atoms with Gasteiger partial charge in [0.05, 0.1) is 11.4 Å². The summed E-state index contributed by atoms with van der Waals surface area (Å²) in [5.41, 5.74) is 2.55. The van der Waals surface area contributed by atoms with Crippen LogP contribution >= 0.6 is 11.8 Å². The average molecular weight is 406 g/mol. The summed E-state index contributed by atoms with van der Waals surface area (Å²) in [6.45, 7) is 1.80. The van der Waals surface area contributed by atoms with Gasteiger partial charge in [0.25, 0.3) is 17.1 Å². The first kappa shape index (κ1) is 20.2. The summed E-state index contributed by atoms with van der Waals surface area (Å²) in [5.74, 6) is 2.15. The monoisotopic (exact) mass is 406 g/mol. The van der Waals surface area contributed by atoms with Crippen molar-refractivity contribution in [2.75, 3.05) is 18.5 Å². The van der Waals surface area contributed by atoms with Crippen LogP contribution in [-0.4, -0.2) is 35.1 Å². The molecular formula is C22H18N2O4S. The minimum absolute atomic E-state index is 0.0422. The SMILES string of the molecule is C#CCN1C(=O)S/C(=C/c2ccc(OCC(=O)Nc3ccc(C)cc3)cc2)C1=O. The third-order valence-electron chi connectivity index (χ3n) is 4.01. The fourth-order valence-electron chi connectivity index (χ4n) is 2.52. The van der Waals surface area contributed by atoms with Crippen molar-refractivity contribution >= 4 is 40.6 Å². The number of benzene rings is 2. The van der Waals surface area contributed by atoms with E-state index in [0.29, 0.717) is 16.3 Å². The Morgan fingerprint density at radius 2 is 1.86 bits per heavy atom. The number of nitrogens with zero attached hydrogens (tertiary/aromatic N) is 1. The Balaban J connectivity index is 1.56. The number of rotatable bonds is 6. The van der Waals surface area contributed by atoms with Crippen molar-refractivity contribution in [1.29, 1.82) is 0 Å². The molecule has 0 unspecified atom stereocenters. The number of nitrogens with one attached hydrogen (secondary N) is 1. The molecule has 1 saturated heterocycles. The first-order chi connectivity index (χ1) is 14.0. The second kappa shape index (κ2) is 9.13. The van der Waals surface area contributed by atoms with Crippen molar-refractivity contribution in [3.8, 4) is 18.1 Å². The van der Waals surface area contributed by atoms with E-state index in [9.17, 15) is 14.4 Å². The van der Waals surface area contributed by atoms with Crippen LogP contribution in [0.15, 0.2) is 53.4 Å². The third kappa shape index (κ3) is 5.27. The first-order valence-electron chi connectivity index (χ1n) is 8.74. The molecule has 0 radical (unpaired) electrons. The number of thioether (sulfide) groups is 1. The van der Waals surface area contributed by atoms with Gasteiger partial charge in [-0.25, -0.2) is 0 Å². The molecule has 1 fully saturated rings. The van der Waals surface area contributed by atoms with Crippen LogP contribution in [0, 0.1) is 19.3 Å². The van der Waals surface area contributed by atoms with Gasteiger partial charge >= 0.3 is 0 Å². The number of carbonyl (C=O) groups is 3. The minimum Gasteiger partial charge on any atom is -0.484 e. The van der Waals surface area contributed by atoms with Crippen LogP contribution in [0.4, 0.5) is 10.5 Å². The van der Waals surface area contributed by atoms with Gasteiger partial charge in [-0.05, 0) is 54.6 Å². The quantitative estimate of drug-likeness (QED) is 0.585. The third-order valence-corrected chi connectivity index (χ3v) is 4.91. The van der Waals surface area contributed by atoms with Gasteiger partial charge in [-0.2, -0.15) is 0 Å². The number of aryl methyl sites for hydroxylation is 1. The number of anilines is 1. The van der Waals surface area contributed by atoms with Crippen LogP contribution in [0.3, 0.4) is 0 Å². The van der Waals surface area contributed by atoms with E-state index in [1.807, 2.05) is 31.2 Å². The van der Waals surface area contributed by atoms with E-state index in [4.69, 9.17) is 11.2 Å². The Morgan fingerprint density at radius 1 is 1.17 bits per heavy atom. The maximum atomic E-state index is 12.2. The summed E-state index contributed by atoms with van der Waals surface area (Å²) in [6.07, 6.45) is 6.80. The molecule has 1 aliphatic rings. The van der Waals surface area contributed by atoms with Gasteiger partial charge in [-0.1, -0.05) is 35.7 Å². The predicted octanol–water partition coefficient (Wildman–Crippen LogP) is 3.68. The topological polar surface area (TPSA) is 75.7 Å². The number of terminal acetylenes is 1. The Bertz CT molecular complexity index is 1000. The second-order valence-corrected chi connectivity index (χ2v) is 7.24.